The van der Waals surface area contributed by atoms with Gasteiger partial charge in [-0.15, -0.1) is 11.8 Å². The molecule has 0 fully saturated rings. The topological polar surface area (TPSA) is 12.0 Å². The maximum Gasteiger partial charge on any atom is 0.0353 e. The first-order chi connectivity index (χ1) is 7.17. The summed E-state index contributed by atoms with van der Waals surface area (Å²) < 4.78 is 0. The van der Waals surface area contributed by atoms with Crippen LogP contribution in [0.2, 0.25) is 0 Å². The van der Waals surface area contributed by atoms with Crippen LogP contribution in [-0.4, -0.2) is 12.3 Å². The second kappa shape index (κ2) is 6.06. The van der Waals surface area contributed by atoms with E-state index in [1.54, 1.807) is 11.8 Å². The number of hydrogen-bond acceptors (Lipinski definition) is 2. The van der Waals surface area contributed by atoms with Gasteiger partial charge in [0.1, 0.15) is 0 Å². The molecule has 2 heteroatoms. The fraction of sp³-hybridized carbons (Fsp3) is 0.538. The SMILES string of the molecule is CC[C@H](Nc1cccc(SC)c1)C(C)C. The van der Waals surface area contributed by atoms with Crippen LogP contribution in [0.1, 0.15) is 27.2 Å². The number of anilines is 1. The van der Waals surface area contributed by atoms with E-state index in [-0.39, 0.29) is 0 Å². The van der Waals surface area contributed by atoms with Crippen molar-refractivity contribution in [2.24, 2.45) is 5.92 Å². The molecule has 1 rings (SSSR count). The van der Waals surface area contributed by atoms with Crippen molar-refractivity contribution < 1.29 is 0 Å². The fourth-order valence-electron chi connectivity index (χ4n) is 1.67. The van der Waals surface area contributed by atoms with Crippen LogP contribution in [0.15, 0.2) is 29.2 Å². The number of nitrogens with one attached hydrogen (secondary N) is 1. The third-order valence-electron chi connectivity index (χ3n) is 2.67. The molecule has 0 aliphatic heterocycles. The summed E-state index contributed by atoms with van der Waals surface area (Å²) in [5, 5.41) is 3.59. The Morgan fingerprint density at radius 3 is 2.60 bits per heavy atom. The molecule has 0 spiro atoms. The molecular formula is C13H21NS. The molecule has 1 N–H and O–H groups in total. The van der Waals surface area contributed by atoms with Gasteiger partial charge in [0.05, 0.1) is 0 Å². The second-order valence-corrected chi connectivity index (χ2v) is 5.01. The molecule has 0 heterocycles. The highest BCUT2D eigenvalue weighted by atomic mass is 32.2. The van der Waals surface area contributed by atoms with E-state index in [1.807, 2.05) is 0 Å². The lowest BCUT2D eigenvalue weighted by molar-refractivity contribution is 0.511. The van der Waals surface area contributed by atoms with Crippen molar-refractivity contribution in [3.8, 4) is 0 Å². The van der Waals surface area contributed by atoms with E-state index < -0.39 is 0 Å². The van der Waals surface area contributed by atoms with Gasteiger partial charge >= 0.3 is 0 Å². The van der Waals surface area contributed by atoms with E-state index in [4.69, 9.17) is 0 Å². The maximum atomic E-state index is 3.59. The van der Waals surface area contributed by atoms with Crippen molar-refractivity contribution >= 4 is 17.4 Å². The van der Waals surface area contributed by atoms with Crippen molar-refractivity contribution in [3.63, 3.8) is 0 Å². The van der Waals surface area contributed by atoms with Crippen LogP contribution in [0.3, 0.4) is 0 Å². The molecule has 1 aromatic rings. The van der Waals surface area contributed by atoms with Crippen molar-refractivity contribution in [3.05, 3.63) is 24.3 Å². The Bertz CT molecular complexity index is 296. The Balaban J connectivity index is 2.70. The summed E-state index contributed by atoms with van der Waals surface area (Å²) >= 11 is 1.79. The average molecular weight is 223 g/mol. The van der Waals surface area contributed by atoms with Gasteiger partial charge in [-0.2, -0.15) is 0 Å². The molecule has 0 aliphatic rings. The van der Waals surface area contributed by atoms with Gasteiger partial charge in [-0.25, -0.2) is 0 Å². The highest BCUT2D eigenvalue weighted by Gasteiger charge is 2.10. The van der Waals surface area contributed by atoms with Crippen molar-refractivity contribution in [2.75, 3.05) is 11.6 Å². The molecule has 0 aliphatic carbocycles. The Labute approximate surface area is 97.7 Å². The predicted octanol–water partition coefficient (Wildman–Crippen LogP) is 4.26. The quantitative estimate of drug-likeness (QED) is 0.749. The minimum absolute atomic E-state index is 0.571. The highest BCUT2D eigenvalue weighted by Crippen LogP contribution is 2.21. The molecule has 1 nitrogen and oxygen atoms in total. The lowest BCUT2D eigenvalue weighted by Crippen LogP contribution is -2.24. The zero-order valence-corrected chi connectivity index (χ0v) is 10.9. The van der Waals surface area contributed by atoms with Crippen LogP contribution >= 0.6 is 11.8 Å². The van der Waals surface area contributed by atoms with Crippen LogP contribution in [0, 0.1) is 5.92 Å². The van der Waals surface area contributed by atoms with Crippen molar-refractivity contribution in [1.29, 1.82) is 0 Å². The molecule has 0 saturated carbocycles. The van der Waals surface area contributed by atoms with E-state index in [1.165, 1.54) is 17.0 Å². The molecule has 1 atom stereocenters. The van der Waals surface area contributed by atoms with E-state index >= 15 is 0 Å². The van der Waals surface area contributed by atoms with Gasteiger partial charge < -0.3 is 5.32 Å². The third kappa shape index (κ3) is 3.78. The van der Waals surface area contributed by atoms with Crippen LogP contribution < -0.4 is 5.32 Å². The summed E-state index contributed by atoms with van der Waals surface area (Å²) in [6.45, 7) is 6.76. The molecule has 15 heavy (non-hydrogen) atoms. The smallest absolute Gasteiger partial charge is 0.0353 e. The summed E-state index contributed by atoms with van der Waals surface area (Å²) in [6.07, 6.45) is 3.28. The molecule has 0 unspecified atom stereocenters. The molecule has 0 saturated heterocycles. The van der Waals surface area contributed by atoms with Crippen LogP contribution in [-0.2, 0) is 0 Å². The van der Waals surface area contributed by atoms with Crippen LogP contribution in [0.25, 0.3) is 0 Å². The molecule has 0 bridgehead atoms. The summed E-state index contributed by atoms with van der Waals surface area (Å²) in [4.78, 5) is 1.32. The molecule has 84 valence electrons. The Kier molecular flexibility index (Phi) is 5.03. The first-order valence-corrected chi connectivity index (χ1v) is 6.80. The Hall–Kier alpha value is -0.630. The molecule has 0 aromatic heterocycles. The number of hydrogen-bond donors (Lipinski definition) is 1. The number of thioether (sulfide) groups is 1. The van der Waals surface area contributed by atoms with Crippen LogP contribution in [0.5, 0.6) is 0 Å². The van der Waals surface area contributed by atoms with Gasteiger partial charge in [0.2, 0.25) is 0 Å². The third-order valence-corrected chi connectivity index (χ3v) is 3.39. The predicted molar refractivity (Wildman–Crippen MR) is 70.8 cm³/mol. The van der Waals surface area contributed by atoms with Gasteiger partial charge in [-0.3, -0.25) is 0 Å². The van der Waals surface area contributed by atoms with E-state index in [2.05, 4.69) is 56.6 Å². The zero-order valence-electron chi connectivity index (χ0n) is 10.1. The first kappa shape index (κ1) is 12.4. The fourth-order valence-corrected chi connectivity index (χ4v) is 2.13. The van der Waals surface area contributed by atoms with Gasteiger partial charge in [-0.1, -0.05) is 26.8 Å². The Morgan fingerprint density at radius 2 is 2.07 bits per heavy atom. The summed E-state index contributed by atoms with van der Waals surface area (Å²) in [7, 11) is 0. The summed E-state index contributed by atoms with van der Waals surface area (Å²) in [6, 6.07) is 9.19. The maximum absolute atomic E-state index is 3.59. The van der Waals surface area contributed by atoms with Gasteiger partial charge in [-0.05, 0) is 36.8 Å². The molecule has 0 radical (unpaired) electrons. The van der Waals surface area contributed by atoms with Crippen LogP contribution in [0.4, 0.5) is 5.69 Å². The summed E-state index contributed by atoms with van der Waals surface area (Å²) in [5.41, 5.74) is 1.24. The highest BCUT2D eigenvalue weighted by molar-refractivity contribution is 7.98. The Morgan fingerprint density at radius 1 is 1.33 bits per heavy atom. The molecular weight excluding hydrogens is 202 g/mol. The minimum atomic E-state index is 0.571. The van der Waals surface area contributed by atoms with E-state index in [0.717, 1.165) is 0 Å². The van der Waals surface area contributed by atoms with Crippen molar-refractivity contribution in [1.82, 2.24) is 0 Å². The average Bonchev–Trinajstić information content (AvgIpc) is 2.25. The van der Waals surface area contributed by atoms with E-state index in [9.17, 15) is 0 Å². The standard InChI is InChI=1S/C13H21NS/c1-5-13(10(2)3)14-11-7-6-8-12(9-11)15-4/h6-10,13-14H,5H2,1-4H3/t13-/m0/s1. The minimum Gasteiger partial charge on any atom is -0.382 e. The molecule has 0 amide bonds. The number of benzene rings is 1. The molecule has 1 aromatic carbocycles. The second-order valence-electron chi connectivity index (χ2n) is 4.14. The van der Waals surface area contributed by atoms with Gasteiger partial charge in [0, 0.05) is 16.6 Å². The zero-order chi connectivity index (χ0) is 11.3. The lowest BCUT2D eigenvalue weighted by Gasteiger charge is -2.22. The number of rotatable bonds is 5. The van der Waals surface area contributed by atoms with Gasteiger partial charge in [0.15, 0.2) is 0 Å². The van der Waals surface area contributed by atoms with Gasteiger partial charge in [0.25, 0.3) is 0 Å². The summed E-state index contributed by atoms with van der Waals surface area (Å²) in [5.74, 6) is 0.674. The van der Waals surface area contributed by atoms with Crippen molar-refractivity contribution in [2.45, 2.75) is 38.1 Å². The first-order valence-electron chi connectivity index (χ1n) is 5.58. The normalized spacial score (nSPS) is 12.9. The largest absolute Gasteiger partial charge is 0.382 e. The van der Waals surface area contributed by atoms with E-state index in [0.29, 0.717) is 12.0 Å². The lowest BCUT2D eigenvalue weighted by atomic mass is 10.0. The monoisotopic (exact) mass is 223 g/mol.